The summed E-state index contributed by atoms with van der Waals surface area (Å²) in [6.45, 7) is 6.95. The molecule has 0 saturated heterocycles. The molecule has 0 N–H and O–H groups in total. The second kappa shape index (κ2) is 7.21. The van der Waals surface area contributed by atoms with Gasteiger partial charge in [-0.1, -0.05) is 44.9 Å². The molecule has 2 heteroatoms. The predicted molar refractivity (Wildman–Crippen MR) is 72.3 cm³/mol. The minimum absolute atomic E-state index is 0.153. The fourth-order valence-electron chi connectivity index (χ4n) is 1.90. The van der Waals surface area contributed by atoms with Crippen molar-refractivity contribution < 1.29 is 4.39 Å². The van der Waals surface area contributed by atoms with E-state index in [1.165, 1.54) is 12.8 Å². The number of hydrogen-bond acceptors (Lipinski definition) is 1. The molecule has 1 nitrogen and oxygen atoms in total. The maximum atomic E-state index is 13.7. The van der Waals surface area contributed by atoms with Gasteiger partial charge in [0.2, 0.25) is 0 Å². The zero-order valence-corrected chi connectivity index (χ0v) is 11.0. The Hall–Kier alpha value is -1.18. The molecule has 0 aliphatic carbocycles. The fourth-order valence-corrected chi connectivity index (χ4v) is 1.90. The highest BCUT2D eigenvalue weighted by Gasteiger charge is 2.04. The van der Waals surface area contributed by atoms with E-state index in [9.17, 15) is 4.39 Å². The molecule has 0 spiro atoms. The van der Waals surface area contributed by atoms with Crippen molar-refractivity contribution in [1.29, 1.82) is 0 Å². The van der Waals surface area contributed by atoms with Gasteiger partial charge < -0.3 is 0 Å². The summed E-state index contributed by atoms with van der Waals surface area (Å²) in [5, 5.41) is 0. The Labute approximate surface area is 104 Å². The standard InChI is InChI=1S/C15H22FN/c1-4-7-13(5-2)10-17-11-14-9-6-8-12(3)15(14)16/h6,8-9,11,13H,4-5,7,10H2,1-3H3. The maximum absolute atomic E-state index is 13.7. The molecule has 0 aromatic heterocycles. The van der Waals surface area contributed by atoms with Crippen LogP contribution in [-0.4, -0.2) is 12.8 Å². The highest BCUT2D eigenvalue weighted by atomic mass is 19.1. The molecule has 1 rings (SSSR count). The lowest BCUT2D eigenvalue weighted by molar-refractivity contribution is 0.477. The fraction of sp³-hybridized carbons (Fsp3) is 0.533. The second-order valence-corrected chi connectivity index (χ2v) is 4.54. The van der Waals surface area contributed by atoms with E-state index in [4.69, 9.17) is 0 Å². The molecule has 0 heterocycles. The van der Waals surface area contributed by atoms with Crippen molar-refractivity contribution in [1.82, 2.24) is 0 Å². The van der Waals surface area contributed by atoms with E-state index in [0.29, 0.717) is 17.0 Å². The van der Waals surface area contributed by atoms with Crippen molar-refractivity contribution >= 4 is 6.21 Å². The molecule has 0 aliphatic heterocycles. The summed E-state index contributed by atoms with van der Waals surface area (Å²) >= 11 is 0. The summed E-state index contributed by atoms with van der Waals surface area (Å²) in [4.78, 5) is 4.37. The summed E-state index contributed by atoms with van der Waals surface area (Å²) in [6.07, 6.45) is 5.19. The zero-order chi connectivity index (χ0) is 12.7. The molecule has 0 saturated carbocycles. The van der Waals surface area contributed by atoms with Crippen LogP contribution in [0.2, 0.25) is 0 Å². The Morgan fingerprint density at radius 2 is 2.12 bits per heavy atom. The van der Waals surface area contributed by atoms with Crippen LogP contribution in [0.4, 0.5) is 4.39 Å². The normalized spacial score (nSPS) is 13.2. The van der Waals surface area contributed by atoms with Gasteiger partial charge in [0, 0.05) is 18.3 Å². The first-order valence-electron chi connectivity index (χ1n) is 6.44. The number of rotatable bonds is 6. The van der Waals surface area contributed by atoms with E-state index < -0.39 is 0 Å². The third kappa shape index (κ3) is 4.29. The predicted octanol–water partition coefficient (Wildman–Crippen LogP) is 4.38. The van der Waals surface area contributed by atoms with Crippen LogP contribution in [0.15, 0.2) is 23.2 Å². The summed E-state index contributed by atoms with van der Waals surface area (Å²) in [6, 6.07) is 5.41. The van der Waals surface area contributed by atoms with Gasteiger partial charge in [-0.2, -0.15) is 0 Å². The van der Waals surface area contributed by atoms with Gasteiger partial charge in [0.05, 0.1) is 0 Å². The van der Waals surface area contributed by atoms with Crippen molar-refractivity contribution in [3.05, 3.63) is 35.1 Å². The number of aliphatic imine (C=N–C) groups is 1. The molecule has 94 valence electrons. The molecular weight excluding hydrogens is 213 g/mol. The van der Waals surface area contributed by atoms with Crippen molar-refractivity contribution in [2.24, 2.45) is 10.9 Å². The monoisotopic (exact) mass is 235 g/mol. The summed E-state index contributed by atoms with van der Waals surface area (Å²) in [5.74, 6) is 0.476. The third-order valence-corrected chi connectivity index (χ3v) is 3.09. The van der Waals surface area contributed by atoms with Gasteiger partial charge >= 0.3 is 0 Å². The van der Waals surface area contributed by atoms with Crippen LogP contribution < -0.4 is 0 Å². The number of aryl methyl sites for hydroxylation is 1. The van der Waals surface area contributed by atoms with E-state index in [0.717, 1.165) is 13.0 Å². The van der Waals surface area contributed by atoms with Crippen molar-refractivity contribution in [2.45, 2.75) is 40.0 Å². The maximum Gasteiger partial charge on any atom is 0.134 e. The van der Waals surface area contributed by atoms with Crippen molar-refractivity contribution in [3.8, 4) is 0 Å². The molecular formula is C15H22FN. The van der Waals surface area contributed by atoms with Gasteiger partial charge in [0.15, 0.2) is 0 Å². The zero-order valence-electron chi connectivity index (χ0n) is 11.0. The van der Waals surface area contributed by atoms with E-state index in [-0.39, 0.29) is 5.82 Å². The first-order valence-corrected chi connectivity index (χ1v) is 6.44. The van der Waals surface area contributed by atoms with Crippen LogP contribution in [0.1, 0.15) is 44.2 Å². The lowest BCUT2D eigenvalue weighted by Crippen LogP contribution is -2.03. The van der Waals surface area contributed by atoms with Crippen LogP contribution in [0, 0.1) is 18.7 Å². The Morgan fingerprint density at radius 3 is 2.76 bits per heavy atom. The van der Waals surface area contributed by atoms with Crippen LogP contribution >= 0.6 is 0 Å². The van der Waals surface area contributed by atoms with Gasteiger partial charge in [-0.05, 0) is 24.8 Å². The van der Waals surface area contributed by atoms with E-state index in [2.05, 4.69) is 18.8 Å². The minimum atomic E-state index is -0.153. The van der Waals surface area contributed by atoms with E-state index in [1.807, 2.05) is 6.07 Å². The number of hydrogen-bond donors (Lipinski definition) is 0. The average Bonchev–Trinajstić information content (AvgIpc) is 2.33. The number of benzene rings is 1. The summed E-state index contributed by atoms with van der Waals surface area (Å²) in [7, 11) is 0. The van der Waals surface area contributed by atoms with E-state index >= 15 is 0 Å². The lowest BCUT2D eigenvalue weighted by Gasteiger charge is -2.09. The largest absolute Gasteiger partial charge is 0.292 e. The summed E-state index contributed by atoms with van der Waals surface area (Å²) < 4.78 is 13.7. The Kier molecular flexibility index (Phi) is 5.88. The van der Waals surface area contributed by atoms with Gasteiger partial charge in [0.1, 0.15) is 5.82 Å². The molecule has 1 atom stereocenters. The lowest BCUT2D eigenvalue weighted by atomic mass is 10.0. The Morgan fingerprint density at radius 1 is 1.35 bits per heavy atom. The SMILES string of the molecule is CCCC(CC)CN=Cc1cccc(C)c1F. The molecule has 1 aromatic rings. The molecule has 0 aliphatic rings. The molecule has 0 radical (unpaired) electrons. The highest BCUT2D eigenvalue weighted by molar-refractivity contribution is 5.80. The minimum Gasteiger partial charge on any atom is -0.292 e. The smallest absolute Gasteiger partial charge is 0.134 e. The quantitative estimate of drug-likeness (QED) is 0.649. The first-order chi connectivity index (χ1) is 8.19. The molecule has 0 amide bonds. The molecule has 0 bridgehead atoms. The van der Waals surface area contributed by atoms with Crippen molar-refractivity contribution in [2.75, 3.05) is 6.54 Å². The van der Waals surface area contributed by atoms with Crippen LogP contribution in [0.3, 0.4) is 0 Å². The van der Waals surface area contributed by atoms with Gasteiger partial charge in [0.25, 0.3) is 0 Å². The molecule has 0 fully saturated rings. The third-order valence-electron chi connectivity index (χ3n) is 3.09. The topological polar surface area (TPSA) is 12.4 Å². The Balaban J connectivity index is 2.61. The van der Waals surface area contributed by atoms with Gasteiger partial charge in [-0.25, -0.2) is 4.39 Å². The average molecular weight is 235 g/mol. The second-order valence-electron chi connectivity index (χ2n) is 4.54. The van der Waals surface area contributed by atoms with Crippen molar-refractivity contribution in [3.63, 3.8) is 0 Å². The highest BCUT2D eigenvalue weighted by Crippen LogP contribution is 2.12. The summed E-state index contributed by atoms with van der Waals surface area (Å²) in [5.41, 5.74) is 1.27. The van der Waals surface area contributed by atoms with Crippen LogP contribution in [0.25, 0.3) is 0 Å². The van der Waals surface area contributed by atoms with Crippen LogP contribution in [-0.2, 0) is 0 Å². The molecule has 1 unspecified atom stereocenters. The molecule has 17 heavy (non-hydrogen) atoms. The molecule has 1 aromatic carbocycles. The number of nitrogens with zero attached hydrogens (tertiary/aromatic N) is 1. The van der Waals surface area contributed by atoms with E-state index in [1.54, 1.807) is 25.3 Å². The van der Waals surface area contributed by atoms with Crippen LogP contribution in [0.5, 0.6) is 0 Å². The number of halogens is 1. The Bertz CT molecular complexity index is 371. The van der Waals surface area contributed by atoms with Gasteiger partial charge in [-0.15, -0.1) is 0 Å². The van der Waals surface area contributed by atoms with Gasteiger partial charge in [-0.3, -0.25) is 4.99 Å². The first kappa shape index (κ1) is 13.9.